The standard InChI is InChI=1S/C14H20N2O2S/c1-10(9-19-2)7-16-14(17)13-8-15-11-5-3-4-6-12(11)18-13/h3-6,10,13,15H,7-9H2,1-2H3,(H,16,17). The van der Waals surface area contributed by atoms with Crippen molar-refractivity contribution in [2.45, 2.75) is 13.0 Å². The topological polar surface area (TPSA) is 50.4 Å². The van der Waals surface area contributed by atoms with Gasteiger partial charge in [-0.2, -0.15) is 11.8 Å². The molecular formula is C14H20N2O2S. The van der Waals surface area contributed by atoms with Gasteiger partial charge in [0.25, 0.3) is 5.91 Å². The molecule has 1 heterocycles. The van der Waals surface area contributed by atoms with Crippen LogP contribution in [0.15, 0.2) is 24.3 Å². The molecule has 0 saturated heterocycles. The van der Waals surface area contributed by atoms with Crippen molar-refractivity contribution in [3.05, 3.63) is 24.3 Å². The number of carbonyl (C=O) groups excluding carboxylic acids is 1. The Morgan fingerprint density at radius 2 is 2.37 bits per heavy atom. The Morgan fingerprint density at radius 3 is 3.16 bits per heavy atom. The fourth-order valence-electron chi connectivity index (χ4n) is 1.99. The van der Waals surface area contributed by atoms with Gasteiger partial charge >= 0.3 is 0 Å². The maximum absolute atomic E-state index is 12.0. The van der Waals surface area contributed by atoms with Crippen LogP contribution in [-0.2, 0) is 4.79 Å². The number of carbonyl (C=O) groups is 1. The molecule has 0 aliphatic carbocycles. The number of amides is 1. The molecule has 4 nitrogen and oxygen atoms in total. The van der Waals surface area contributed by atoms with Crippen LogP contribution in [0.2, 0.25) is 0 Å². The van der Waals surface area contributed by atoms with Crippen LogP contribution in [0.25, 0.3) is 0 Å². The summed E-state index contributed by atoms with van der Waals surface area (Å²) in [6.45, 7) is 3.34. The van der Waals surface area contributed by atoms with Gasteiger partial charge in [0.2, 0.25) is 0 Å². The van der Waals surface area contributed by atoms with Gasteiger partial charge in [0, 0.05) is 6.54 Å². The highest BCUT2D eigenvalue weighted by molar-refractivity contribution is 7.98. The zero-order valence-corrected chi connectivity index (χ0v) is 12.1. The fraction of sp³-hybridized carbons (Fsp3) is 0.500. The number of hydrogen-bond acceptors (Lipinski definition) is 4. The van der Waals surface area contributed by atoms with Crippen molar-refractivity contribution in [2.24, 2.45) is 5.92 Å². The van der Waals surface area contributed by atoms with Gasteiger partial charge in [0.1, 0.15) is 5.75 Å². The maximum atomic E-state index is 12.0. The first-order valence-corrected chi connectivity index (χ1v) is 7.86. The van der Waals surface area contributed by atoms with Gasteiger partial charge < -0.3 is 15.4 Å². The molecule has 0 radical (unpaired) electrons. The minimum atomic E-state index is -0.448. The number of ether oxygens (including phenoxy) is 1. The van der Waals surface area contributed by atoms with E-state index in [1.165, 1.54) is 0 Å². The largest absolute Gasteiger partial charge is 0.477 e. The zero-order chi connectivity index (χ0) is 13.7. The van der Waals surface area contributed by atoms with E-state index in [1.54, 1.807) is 11.8 Å². The monoisotopic (exact) mass is 280 g/mol. The summed E-state index contributed by atoms with van der Waals surface area (Å²) >= 11 is 1.79. The molecule has 0 fully saturated rings. The minimum absolute atomic E-state index is 0.0463. The number of anilines is 1. The third-order valence-electron chi connectivity index (χ3n) is 3.00. The van der Waals surface area contributed by atoms with E-state index in [0.717, 1.165) is 17.2 Å². The van der Waals surface area contributed by atoms with Gasteiger partial charge in [0.15, 0.2) is 6.10 Å². The molecule has 1 aromatic carbocycles. The van der Waals surface area contributed by atoms with Gasteiger partial charge in [0.05, 0.1) is 12.2 Å². The van der Waals surface area contributed by atoms with E-state index >= 15 is 0 Å². The molecule has 0 saturated carbocycles. The second-order valence-corrected chi connectivity index (χ2v) is 5.70. The molecule has 2 N–H and O–H groups in total. The first-order chi connectivity index (χ1) is 9.20. The first kappa shape index (κ1) is 14.1. The molecule has 2 rings (SSSR count). The van der Waals surface area contributed by atoms with Crippen LogP contribution in [0.4, 0.5) is 5.69 Å². The minimum Gasteiger partial charge on any atom is -0.477 e. The zero-order valence-electron chi connectivity index (χ0n) is 11.3. The lowest BCUT2D eigenvalue weighted by Gasteiger charge is -2.26. The molecule has 2 unspecified atom stereocenters. The van der Waals surface area contributed by atoms with Crippen LogP contribution < -0.4 is 15.4 Å². The number of benzene rings is 1. The Balaban J connectivity index is 1.85. The number of hydrogen-bond donors (Lipinski definition) is 2. The normalized spacial score (nSPS) is 18.7. The molecule has 1 aromatic rings. The van der Waals surface area contributed by atoms with E-state index < -0.39 is 6.10 Å². The van der Waals surface area contributed by atoms with E-state index in [0.29, 0.717) is 19.0 Å². The lowest BCUT2D eigenvalue weighted by atomic mass is 10.2. The van der Waals surface area contributed by atoms with Crippen LogP contribution in [-0.4, -0.2) is 37.1 Å². The average Bonchev–Trinajstić information content (AvgIpc) is 2.44. The lowest BCUT2D eigenvalue weighted by Crippen LogP contribution is -2.45. The molecule has 1 amide bonds. The Labute approximate surface area is 118 Å². The fourth-order valence-corrected chi connectivity index (χ4v) is 2.68. The molecule has 104 valence electrons. The number of fused-ring (bicyclic) bond motifs is 1. The third-order valence-corrected chi connectivity index (χ3v) is 3.90. The molecule has 19 heavy (non-hydrogen) atoms. The summed E-state index contributed by atoms with van der Waals surface area (Å²) in [4.78, 5) is 12.0. The highest BCUT2D eigenvalue weighted by Gasteiger charge is 2.25. The highest BCUT2D eigenvalue weighted by Crippen LogP contribution is 2.28. The second-order valence-electron chi connectivity index (χ2n) is 4.79. The molecule has 0 aromatic heterocycles. The van der Waals surface area contributed by atoms with Crippen LogP contribution in [0.3, 0.4) is 0 Å². The van der Waals surface area contributed by atoms with E-state index in [-0.39, 0.29) is 5.91 Å². The Morgan fingerprint density at radius 1 is 1.58 bits per heavy atom. The van der Waals surface area contributed by atoms with E-state index in [1.807, 2.05) is 24.3 Å². The predicted octanol–water partition coefficient (Wildman–Crippen LogP) is 1.97. The molecule has 0 spiro atoms. The van der Waals surface area contributed by atoms with E-state index in [9.17, 15) is 4.79 Å². The van der Waals surface area contributed by atoms with Crippen LogP contribution >= 0.6 is 11.8 Å². The number of para-hydroxylation sites is 2. The van der Waals surface area contributed by atoms with Gasteiger partial charge in [-0.3, -0.25) is 4.79 Å². The van der Waals surface area contributed by atoms with E-state index in [4.69, 9.17) is 4.74 Å². The number of rotatable bonds is 5. The Kier molecular flexibility index (Phi) is 4.96. The highest BCUT2D eigenvalue weighted by atomic mass is 32.2. The predicted molar refractivity (Wildman–Crippen MR) is 79.9 cm³/mol. The molecule has 1 aliphatic heterocycles. The maximum Gasteiger partial charge on any atom is 0.262 e. The average molecular weight is 280 g/mol. The van der Waals surface area contributed by atoms with Crippen molar-refractivity contribution >= 4 is 23.4 Å². The number of nitrogens with one attached hydrogen (secondary N) is 2. The molecule has 0 bridgehead atoms. The van der Waals surface area contributed by atoms with Gasteiger partial charge in [-0.25, -0.2) is 0 Å². The Bertz CT molecular complexity index is 439. The summed E-state index contributed by atoms with van der Waals surface area (Å²) < 4.78 is 5.71. The van der Waals surface area contributed by atoms with Crippen molar-refractivity contribution in [2.75, 3.05) is 30.4 Å². The summed E-state index contributed by atoms with van der Waals surface area (Å²) in [5.74, 6) is 2.22. The third kappa shape index (κ3) is 3.80. The van der Waals surface area contributed by atoms with Crippen molar-refractivity contribution < 1.29 is 9.53 Å². The summed E-state index contributed by atoms with van der Waals surface area (Å²) in [6, 6.07) is 7.67. The van der Waals surface area contributed by atoms with E-state index in [2.05, 4.69) is 23.8 Å². The molecule has 5 heteroatoms. The summed E-state index contributed by atoms with van der Waals surface area (Å²) in [7, 11) is 0. The summed E-state index contributed by atoms with van der Waals surface area (Å²) in [5.41, 5.74) is 0.947. The van der Waals surface area contributed by atoms with Gasteiger partial charge in [-0.05, 0) is 30.1 Å². The lowest BCUT2D eigenvalue weighted by molar-refractivity contribution is -0.127. The van der Waals surface area contributed by atoms with Crippen molar-refractivity contribution in [3.8, 4) is 5.75 Å². The van der Waals surface area contributed by atoms with Crippen LogP contribution in [0.1, 0.15) is 6.92 Å². The quantitative estimate of drug-likeness (QED) is 0.866. The van der Waals surface area contributed by atoms with Crippen molar-refractivity contribution in [3.63, 3.8) is 0 Å². The SMILES string of the molecule is CSCC(C)CNC(=O)C1CNc2ccccc2O1. The van der Waals surface area contributed by atoms with Gasteiger partial charge in [-0.1, -0.05) is 19.1 Å². The molecule has 1 aliphatic rings. The Hall–Kier alpha value is -1.36. The molecular weight excluding hydrogens is 260 g/mol. The smallest absolute Gasteiger partial charge is 0.262 e. The van der Waals surface area contributed by atoms with Crippen LogP contribution in [0.5, 0.6) is 5.75 Å². The molecule has 2 atom stereocenters. The van der Waals surface area contributed by atoms with Gasteiger partial charge in [-0.15, -0.1) is 0 Å². The van der Waals surface area contributed by atoms with Crippen molar-refractivity contribution in [1.29, 1.82) is 0 Å². The summed E-state index contributed by atoms with van der Waals surface area (Å²) in [6.07, 6.45) is 1.63. The van der Waals surface area contributed by atoms with Crippen molar-refractivity contribution in [1.82, 2.24) is 5.32 Å². The second kappa shape index (κ2) is 6.70. The summed E-state index contributed by atoms with van der Waals surface area (Å²) in [5, 5.41) is 6.17. The number of thioether (sulfide) groups is 1. The first-order valence-electron chi connectivity index (χ1n) is 6.47. The van der Waals surface area contributed by atoms with Crippen LogP contribution in [0, 0.1) is 5.92 Å².